The third-order valence-corrected chi connectivity index (χ3v) is 7.92. The lowest BCUT2D eigenvalue weighted by molar-refractivity contribution is 0.0930. The van der Waals surface area contributed by atoms with Gasteiger partial charge in [0.25, 0.3) is 5.91 Å². The fourth-order valence-electron chi connectivity index (χ4n) is 4.35. The van der Waals surface area contributed by atoms with Gasteiger partial charge in [-0.15, -0.1) is 0 Å². The summed E-state index contributed by atoms with van der Waals surface area (Å²) in [6, 6.07) is 10.1. The van der Waals surface area contributed by atoms with E-state index in [-0.39, 0.29) is 33.5 Å². The first-order chi connectivity index (χ1) is 15.7. The summed E-state index contributed by atoms with van der Waals surface area (Å²) in [5, 5.41) is 5.98. The van der Waals surface area contributed by atoms with Crippen molar-refractivity contribution in [2.45, 2.75) is 36.9 Å². The van der Waals surface area contributed by atoms with E-state index in [1.165, 1.54) is 6.07 Å². The summed E-state index contributed by atoms with van der Waals surface area (Å²) >= 11 is 1.66. The quantitative estimate of drug-likeness (QED) is 0.517. The second kappa shape index (κ2) is 7.80. The monoisotopic (exact) mass is 466 g/mol. The molecule has 3 aromatic rings. The topological polar surface area (TPSA) is 66.9 Å². The highest BCUT2D eigenvalue weighted by Crippen LogP contribution is 2.57. The predicted molar refractivity (Wildman–Crippen MR) is 127 cm³/mol. The lowest BCUT2D eigenvalue weighted by Crippen LogP contribution is -2.43. The van der Waals surface area contributed by atoms with Gasteiger partial charge in [-0.2, -0.15) is 11.8 Å². The molecule has 2 aliphatic rings. The van der Waals surface area contributed by atoms with E-state index < -0.39 is 5.82 Å². The van der Waals surface area contributed by atoms with E-state index >= 15 is 0 Å². The molecule has 0 spiro atoms. The molecule has 0 unspecified atom stereocenters. The minimum absolute atomic E-state index is 0.132. The Kier molecular flexibility index (Phi) is 5.16. The molecule has 2 aromatic carbocycles. The van der Waals surface area contributed by atoms with Crippen LogP contribution in [0.15, 0.2) is 42.6 Å². The number of fused-ring (bicyclic) bond motifs is 1. The van der Waals surface area contributed by atoms with Crippen molar-refractivity contribution in [3.05, 3.63) is 70.9 Å². The van der Waals surface area contributed by atoms with E-state index in [2.05, 4.69) is 20.6 Å². The van der Waals surface area contributed by atoms with Gasteiger partial charge in [-0.25, -0.2) is 18.7 Å². The molecule has 2 N–H and O–H groups in total. The molecule has 1 aliphatic carbocycles. The van der Waals surface area contributed by atoms with Gasteiger partial charge >= 0.3 is 0 Å². The Morgan fingerprint density at radius 3 is 2.58 bits per heavy atom. The number of hydrogen-bond acceptors (Lipinski definition) is 5. The number of rotatable bonds is 5. The smallest absolute Gasteiger partial charge is 0.251 e. The van der Waals surface area contributed by atoms with Crippen molar-refractivity contribution in [2.24, 2.45) is 0 Å². The van der Waals surface area contributed by atoms with Crippen molar-refractivity contribution in [1.29, 1.82) is 0 Å². The molecule has 0 atom stereocenters. The number of halogens is 2. The Hall–Kier alpha value is -3.00. The third kappa shape index (κ3) is 3.86. The number of benzene rings is 2. The summed E-state index contributed by atoms with van der Waals surface area (Å²) in [5.74, 6) is -0.702. The van der Waals surface area contributed by atoms with E-state index in [0.29, 0.717) is 28.9 Å². The first kappa shape index (κ1) is 21.8. The number of amides is 1. The highest BCUT2D eigenvalue weighted by atomic mass is 32.2. The third-order valence-electron chi connectivity index (χ3n) is 6.51. The molecule has 33 heavy (non-hydrogen) atoms. The summed E-state index contributed by atoms with van der Waals surface area (Å²) in [5.41, 5.74) is 3.17. The highest BCUT2D eigenvalue weighted by molar-refractivity contribution is 7.99. The van der Waals surface area contributed by atoms with Crippen LogP contribution in [0.4, 0.5) is 20.4 Å². The zero-order valence-corrected chi connectivity index (χ0v) is 19.4. The van der Waals surface area contributed by atoms with Gasteiger partial charge in [0.05, 0.1) is 6.20 Å². The normalized spacial score (nSPS) is 17.8. The summed E-state index contributed by atoms with van der Waals surface area (Å²) in [7, 11) is 0. The predicted octanol–water partition coefficient (Wildman–Crippen LogP) is 5.54. The molecule has 0 radical (unpaired) electrons. The molecule has 0 saturated heterocycles. The molecule has 5 nitrogen and oxygen atoms in total. The molecule has 2 heterocycles. The number of hydrogen-bond donors (Lipinski definition) is 2. The summed E-state index contributed by atoms with van der Waals surface area (Å²) in [6.45, 7) is 4.57. The molecular weight excluding hydrogens is 442 g/mol. The van der Waals surface area contributed by atoms with Crippen molar-refractivity contribution >= 4 is 29.3 Å². The van der Waals surface area contributed by atoms with Crippen LogP contribution in [0.5, 0.6) is 0 Å². The van der Waals surface area contributed by atoms with Crippen molar-refractivity contribution in [3.63, 3.8) is 0 Å². The molecule has 170 valence electrons. The van der Waals surface area contributed by atoms with Crippen LogP contribution in [-0.4, -0.2) is 28.7 Å². The Balaban J connectivity index is 1.49. The van der Waals surface area contributed by atoms with Gasteiger partial charge < -0.3 is 10.6 Å². The van der Waals surface area contributed by atoms with Gasteiger partial charge in [0.2, 0.25) is 5.95 Å². The number of thioether (sulfide) groups is 1. The molecular formula is C25H24F2N4OS. The zero-order chi connectivity index (χ0) is 23.4. The summed E-state index contributed by atoms with van der Waals surface area (Å²) in [6.07, 6.45) is 5.00. The van der Waals surface area contributed by atoms with Crippen LogP contribution in [0.2, 0.25) is 0 Å². The lowest BCUT2D eigenvalue weighted by atomic mass is 9.78. The summed E-state index contributed by atoms with van der Waals surface area (Å²) in [4.78, 5) is 20.7. The lowest BCUT2D eigenvalue weighted by Gasteiger charge is -2.32. The van der Waals surface area contributed by atoms with Gasteiger partial charge in [0.15, 0.2) is 5.82 Å². The first-order valence-electron chi connectivity index (χ1n) is 10.8. The van der Waals surface area contributed by atoms with Crippen LogP contribution in [-0.2, 0) is 10.2 Å². The van der Waals surface area contributed by atoms with Crippen LogP contribution in [0, 0.1) is 11.6 Å². The second-order valence-corrected chi connectivity index (χ2v) is 10.4. The first-order valence-corrected chi connectivity index (χ1v) is 12.0. The maximum absolute atomic E-state index is 14.7. The van der Waals surface area contributed by atoms with Crippen molar-refractivity contribution in [3.8, 4) is 11.3 Å². The standard InChI is InChI=1S/C25H24F2N4OS/c1-24(2)13-29-22(32)16-6-4-14(10-17(16)24)21-20(27)12-28-23(31-21)30-15-5-7-19(26)18(11-15)25(33-3)8-9-25/h4-7,10-12H,8-9,13H2,1-3H3,(H,29,32)(H,28,30,31). The second-order valence-electron chi connectivity index (χ2n) is 9.24. The molecule has 1 aromatic heterocycles. The van der Waals surface area contributed by atoms with Gasteiger partial charge in [-0.05, 0) is 55.0 Å². The van der Waals surface area contributed by atoms with Crippen LogP contribution in [0.3, 0.4) is 0 Å². The molecule has 5 rings (SSSR count). The number of carbonyl (C=O) groups excluding carboxylic acids is 1. The number of carbonyl (C=O) groups is 1. The average molecular weight is 467 g/mol. The molecule has 1 aliphatic heterocycles. The minimum Gasteiger partial charge on any atom is -0.351 e. The average Bonchev–Trinajstić information content (AvgIpc) is 3.60. The summed E-state index contributed by atoms with van der Waals surface area (Å²) < 4.78 is 29.0. The molecule has 1 amide bonds. The van der Waals surface area contributed by atoms with Crippen LogP contribution < -0.4 is 10.6 Å². The maximum Gasteiger partial charge on any atom is 0.251 e. The number of aromatic nitrogens is 2. The fraction of sp³-hybridized carbons (Fsp3) is 0.320. The maximum atomic E-state index is 14.7. The van der Waals surface area contributed by atoms with Crippen LogP contribution >= 0.6 is 11.8 Å². The van der Waals surface area contributed by atoms with E-state index in [1.807, 2.05) is 26.2 Å². The van der Waals surface area contributed by atoms with Gasteiger partial charge in [-0.3, -0.25) is 4.79 Å². The molecule has 0 bridgehead atoms. The fourth-order valence-corrected chi connectivity index (χ4v) is 5.24. The SMILES string of the molecule is CSC1(c2cc(Nc3ncc(F)c(-c4ccc5c(c4)C(C)(C)CNC5=O)n3)ccc2F)CC1. The van der Waals surface area contributed by atoms with Crippen molar-refractivity contribution < 1.29 is 13.6 Å². The Morgan fingerprint density at radius 1 is 1.06 bits per heavy atom. The van der Waals surface area contributed by atoms with E-state index in [1.54, 1.807) is 36.0 Å². The van der Waals surface area contributed by atoms with Crippen molar-refractivity contribution in [1.82, 2.24) is 15.3 Å². The number of anilines is 2. The van der Waals surface area contributed by atoms with Gasteiger partial charge in [0.1, 0.15) is 11.5 Å². The van der Waals surface area contributed by atoms with E-state index in [0.717, 1.165) is 24.6 Å². The molecule has 8 heteroatoms. The van der Waals surface area contributed by atoms with Crippen molar-refractivity contribution in [2.75, 3.05) is 18.1 Å². The zero-order valence-electron chi connectivity index (χ0n) is 18.6. The van der Waals surface area contributed by atoms with Crippen LogP contribution in [0.1, 0.15) is 48.2 Å². The molecule has 1 fully saturated rings. The highest BCUT2D eigenvalue weighted by Gasteiger charge is 2.45. The molecule has 1 saturated carbocycles. The van der Waals surface area contributed by atoms with Gasteiger partial charge in [-0.1, -0.05) is 19.9 Å². The number of nitrogens with one attached hydrogen (secondary N) is 2. The largest absolute Gasteiger partial charge is 0.351 e. The van der Waals surface area contributed by atoms with E-state index in [9.17, 15) is 13.6 Å². The van der Waals surface area contributed by atoms with Crippen LogP contribution in [0.25, 0.3) is 11.3 Å². The van der Waals surface area contributed by atoms with Gasteiger partial charge in [0, 0.05) is 39.1 Å². The minimum atomic E-state index is -0.558. The number of nitrogens with zero attached hydrogens (tertiary/aromatic N) is 2. The Labute approximate surface area is 195 Å². The Bertz CT molecular complexity index is 1270. The Morgan fingerprint density at radius 2 is 1.85 bits per heavy atom. The van der Waals surface area contributed by atoms with E-state index in [4.69, 9.17) is 0 Å².